The Morgan fingerprint density at radius 3 is 2.45 bits per heavy atom. The van der Waals surface area contributed by atoms with Crippen LogP contribution in [0.2, 0.25) is 0 Å². The van der Waals surface area contributed by atoms with Gasteiger partial charge in [-0.05, 0) is 49.4 Å². The van der Waals surface area contributed by atoms with Gasteiger partial charge < -0.3 is 10.6 Å². The first-order valence-electron chi connectivity index (χ1n) is 7.24. The number of rotatable bonds is 4. The highest BCUT2D eigenvalue weighted by atomic mass is 35.5. The average Bonchev–Trinajstić information content (AvgIpc) is 2.89. The highest BCUT2D eigenvalue weighted by Gasteiger charge is 2.38. The SMILES string of the molecule is CCC1(C(=O)Nc2ccc(C(C)C)cc2)CCCN1.Cl. The third kappa shape index (κ3) is 3.53. The lowest BCUT2D eigenvalue weighted by molar-refractivity contribution is -0.122. The highest BCUT2D eigenvalue weighted by molar-refractivity contribution is 5.98. The van der Waals surface area contributed by atoms with E-state index in [0.29, 0.717) is 5.92 Å². The molecule has 1 aliphatic heterocycles. The second kappa shape index (κ2) is 7.09. The number of hydrogen-bond acceptors (Lipinski definition) is 2. The number of amides is 1. The fraction of sp³-hybridized carbons (Fsp3) is 0.562. The molecule has 0 radical (unpaired) electrons. The van der Waals surface area contributed by atoms with Crippen molar-refractivity contribution >= 4 is 24.0 Å². The van der Waals surface area contributed by atoms with E-state index in [0.717, 1.165) is 31.5 Å². The Hall–Kier alpha value is -1.06. The molecule has 1 amide bonds. The summed E-state index contributed by atoms with van der Waals surface area (Å²) in [5, 5.41) is 6.40. The van der Waals surface area contributed by atoms with Crippen LogP contribution in [0, 0.1) is 0 Å². The Balaban J connectivity index is 0.00000200. The summed E-state index contributed by atoms with van der Waals surface area (Å²) in [6.07, 6.45) is 2.84. The largest absolute Gasteiger partial charge is 0.324 e. The van der Waals surface area contributed by atoms with Crippen LogP contribution >= 0.6 is 12.4 Å². The third-order valence-electron chi connectivity index (χ3n) is 4.12. The van der Waals surface area contributed by atoms with Crippen molar-refractivity contribution in [3.63, 3.8) is 0 Å². The second-order valence-corrected chi connectivity index (χ2v) is 5.70. The van der Waals surface area contributed by atoms with Crippen LogP contribution in [0.1, 0.15) is 51.5 Å². The summed E-state index contributed by atoms with van der Waals surface area (Å²) in [5.41, 5.74) is 1.81. The van der Waals surface area contributed by atoms with E-state index in [1.54, 1.807) is 0 Å². The molecule has 1 atom stereocenters. The molecule has 0 saturated carbocycles. The normalized spacial score (nSPS) is 21.6. The smallest absolute Gasteiger partial charge is 0.244 e. The van der Waals surface area contributed by atoms with Crippen molar-refractivity contribution in [2.24, 2.45) is 0 Å². The summed E-state index contributed by atoms with van der Waals surface area (Å²) in [6.45, 7) is 7.34. The van der Waals surface area contributed by atoms with Gasteiger partial charge in [-0.15, -0.1) is 12.4 Å². The van der Waals surface area contributed by atoms with Crippen molar-refractivity contribution in [3.8, 4) is 0 Å². The Labute approximate surface area is 127 Å². The van der Waals surface area contributed by atoms with Crippen molar-refractivity contribution < 1.29 is 4.79 Å². The first-order valence-corrected chi connectivity index (χ1v) is 7.24. The van der Waals surface area contributed by atoms with Gasteiger partial charge in [-0.2, -0.15) is 0 Å². The Morgan fingerprint density at radius 2 is 2.00 bits per heavy atom. The summed E-state index contributed by atoms with van der Waals surface area (Å²) in [5.74, 6) is 0.619. The average molecular weight is 297 g/mol. The number of nitrogens with one attached hydrogen (secondary N) is 2. The molecule has 1 unspecified atom stereocenters. The molecular weight excluding hydrogens is 272 g/mol. The van der Waals surface area contributed by atoms with E-state index in [2.05, 4.69) is 43.5 Å². The molecule has 1 aromatic rings. The minimum Gasteiger partial charge on any atom is -0.324 e. The molecule has 3 nitrogen and oxygen atoms in total. The van der Waals surface area contributed by atoms with Crippen molar-refractivity contribution in [1.82, 2.24) is 5.32 Å². The van der Waals surface area contributed by atoms with Gasteiger partial charge in [0.05, 0.1) is 5.54 Å². The minimum absolute atomic E-state index is 0. The molecule has 1 aliphatic rings. The molecule has 0 spiro atoms. The number of carbonyl (C=O) groups excluding carboxylic acids is 1. The molecule has 0 aromatic heterocycles. The maximum Gasteiger partial charge on any atom is 0.244 e. The Morgan fingerprint density at radius 1 is 1.35 bits per heavy atom. The Kier molecular flexibility index (Phi) is 6.03. The molecule has 1 fully saturated rings. The molecule has 1 heterocycles. The molecular formula is C16H25ClN2O. The minimum atomic E-state index is -0.364. The fourth-order valence-corrected chi connectivity index (χ4v) is 2.66. The topological polar surface area (TPSA) is 41.1 Å². The van der Waals surface area contributed by atoms with E-state index in [-0.39, 0.29) is 23.9 Å². The van der Waals surface area contributed by atoms with E-state index >= 15 is 0 Å². The first kappa shape index (κ1) is 17.0. The molecule has 0 bridgehead atoms. The second-order valence-electron chi connectivity index (χ2n) is 5.70. The van der Waals surface area contributed by atoms with Crippen molar-refractivity contribution in [2.45, 2.75) is 51.5 Å². The number of anilines is 1. The van der Waals surface area contributed by atoms with Crippen molar-refractivity contribution in [2.75, 3.05) is 11.9 Å². The van der Waals surface area contributed by atoms with Crippen LogP contribution in [0.3, 0.4) is 0 Å². The maximum atomic E-state index is 12.4. The molecule has 4 heteroatoms. The zero-order chi connectivity index (χ0) is 13.9. The van der Waals surface area contributed by atoms with Gasteiger partial charge >= 0.3 is 0 Å². The van der Waals surface area contributed by atoms with E-state index < -0.39 is 0 Å². The van der Waals surface area contributed by atoms with Gasteiger partial charge in [0.15, 0.2) is 0 Å². The van der Waals surface area contributed by atoms with E-state index in [1.807, 2.05) is 12.1 Å². The standard InChI is InChI=1S/C16H24N2O.ClH/c1-4-16(10-5-11-17-16)15(19)18-14-8-6-13(7-9-14)12(2)3;/h6-9,12,17H,4-5,10-11H2,1-3H3,(H,18,19);1H. The lowest BCUT2D eigenvalue weighted by Gasteiger charge is -2.26. The predicted octanol–water partition coefficient (Wildman–Crippen LogP) is 3.70. The fourth-order valence-electron chi connectivity index (χ4n) is 2.66. The van der Waals surface area contributed by atoms with E-state index in [1.165, 1.54) is 5.56 Å². The van der Waals surface area contributed by atoms with Crippen LogP contribution in [0.15, 0.2) is 24.3 Å². The number of benzene rings is 1. The molecule has 1 aromatic carbocycles. The lowest BCUT2D eigenvalue weighted by atomic mass is 9.93. The summed E-state index contributed by atoms with van der Waals surface area (Å²) < 4.78 is 0. The Bertz CT molecular complexity index is 436. The van der Waals surface area contributed by atoms with Gasteiger partial charge in [-0.25, -0.2) is 0 Å². The van der Waals surface area contributed by atoms with Gasteiger partial charge in [0.1, 0.15) is 0 Å². The van der Waals surface area contributed by atoms with Crippen LogP contribution in [-0.2, 0) is 4.79 Å². The lowest BCUT2D eigenvalue weighted by Crippen LogP contribution is -2.50. The number of hydrogen-bond donors (Lipinski definition) is 2. The monoisotopic (exact) mass is 296 g/mol. The first-order chi connectivity index (χ1) is 9.07. The van der Waals surface area contributed by atoms with Gasteiger partial charge in [0, 0.05) is 5.69 Å². The molecule has 20 heavy (non-hydrogen) atoms. The van der Waals surface area contributed by atoms with Crippen LogP contribution in [0.25, 0.3) is 0 Å². The predicted molar refractivity (Wildman–Crippen MR) is 86.7 cm³/mol. The number of halogens is 1. The quantitative estimate of drug-likeness (QED) is 0.889. The van der Waals surface area contributed by atoms with Crippen LogP contribution < -0.4 is 10.6 Å². The third-order valence-corrected chi connectivity index (χ3v) is 4.12. The zero-order valence-corrected chi connectivity index (χ0v) is 13.3. The van der Waals surface area contributed by atoms with Crippen molar-refractivity contribution in [1.29, 1.82) is 0 Å². The van der Waals surface area contributed by atoms with Crippen LogP contribution in [-0.4, -0.2) is 18.0 Å². The summed E-state index contributed by atoms with van der Waals surface area (Å²) in [6, 6.07) is 8.15. The van der Waals surface area contributed by atoms with Gasteiger partial charge in [-0.3, -0.25) is 4.79 Å². The van der Waals surface area contributed by atoms with Crippen molar-refractivity contribution in [3.05, 3.63) is 29.8 Å². The molecule has 2 rings (SSSR count). The maximum absolute atomic E-state index is 12.4. The molecule has 1 saturated heterocycles. The molecule has 2 N–H and O–H groups in total. The summed E-state index contributed by atoms with van der Waals surface area (Å²) in [4.78, 5) is 12.4. The van der Waals surface area contributed by atoms with Gasteiger partial charge in [0.2, 0.25) is 5.91 Å². The van der Waals surface area contributed by atoms with Crippen LogP contribution in [0.5, 0.6) is 0 Å². The van der Waals surface area contributed by atoms with Crippen LogP contribution in [0.4, 0.5) is 5.69 Å². The van der Waals surface area contributed by atoms with E-state index in [9.17, 15) is 4.79 Å². The number of carbonyl (C=O) groups is 1. The molecule has 112 valence electrons. The molecule has 0 aliphatic carbocycles. The summed E-state index contributed by atoms with van der Waals surface area (Å²) in [7, 11) is 0. The summed E-state index contributed by atoms with van der Waals surface area (Å²) >= 11 is 0. The van der Waals surface area contributed by atoms with E-state index in [4.69, 9.17) is 0 Å². The van der Waals surface area contributed by atoms with Gasteiger partial charge in [-0.1, -0.05) is 32.9 Å². The zero-order valence-electron chi connectivity index (χ0n) is 12.5. The van der Waals surface area contributed by atoms with Gasteiger partial charge in [0.25, 0.3) is 0 Å². The highest BCUT2D eigenvalue weighted by Crippen LogP contribution is 2.25.